The predicted molar refractivity (Wildman–Crippen MR) is 119 cm³/mol. The van der Waals surface area contributed by atoms with E-state index in [-0.39, 0.29) is 18.8 Å². The van der Waals surface area contributed by atoms with Crippen LogP contribution in [0.1, 0.15) is 16.8 Å². The molecule has 0 radical (unpaired) electrons. The van der Waals surface area contributed by atoms with Crippen molar-refractivity contribution >= 4 is 23.0 Å². The van der Waals surface area contributed by atoms with Crippen molar-refractivity contribution in [2.75, 3.05) is 35.8 Å². The van der Waals surface area contributed by atoms with Crippen molar-refractivity contribution in [3.8, 4) is 17.2 Å². The minimum Gasteiger partial charge on any atom is -0.488 e. The Morgan fingerprint density at radius 1 is 1.03 bits per heavy atom. The Morgan fingerprint density at radius 3 is 2.68 bits per heavy atom. The quantitative estimate of drug-likeness (QED) is 0.613. The van der Waals surface area contributed by atoms with Gasteiger partial charge in [0.15, 0.2) is 11.5 Å². The van der Waals surface area contributed by atoms with Crippen molar-refractivity contribution in [3.05, 3.63) is 72.3 Å². The SMILES string of the molecule is Nc1ccccc1NC(=O)c1ccc(N2CCC(Oc3ccc4c(c3)OCO4)C2)cc1. The highest BCUT2D eigenvalue weighted by molar-refractivity contribution is 6.05. The van der Waals surface area contributed by atoms with Gasteiger partial charge in [-0.25, -0.2) is 0 Å². The van der Waals surface area contributed by atoms with Gasteiger partial charge in [-0.3, -0.25) is 4.79 Å². The van der Waals surface area contributed by atoms with E-state index in [1.165, 1.54) is 0 Å². The molecule has 3 aromatic carbocycles. The fourth-order valence-electron chi connectivity index (χ4n) is 3.83. The number of carbonyl (C=O) groups is 1. The highest BCUT2D eigenvalue weighted by Crippen LogP contribution is 2.36. The molecule has 7 heteroatoms. The number of hydrogen-bond acceptors (Lipinski definition) is 6. The Hall–Kier alpha value is -3.87. The lowest BCUT2D eigenvalue weighted by Crippen LogP contribution is -2.24. The van der Waals surface area contributed by atoms with Crippen molar-refractivity contribution in [3.63, 3.8) is 0 Å². The monoisotopic (exact) mass is 417 g/mol. The average Bonchev–Trinajstić information content (AvgIpc) is 3.45. The summed E-state index contributed by atoms with van der Waals surface area (Å²) in [5, 5.41) is 2.85. The number of nitrogens with one attached hydrogen (secondary N) is 1. The molecular weight excluding hydrogens is 394 g/mol. The topological polar surface area (TPSA) is 86.1 Å². The van der Waals surface area contributed by atoms with Crippen molar-refractivity contribution in [1.82, 2.24) is 0 Å². The first-order valence-electron chi connectivity index (χ1n) is 10.2. The van der Waals surface area contributed by atoms with Gasteiger partial charge in [0.25, 0.3) is 5.91 Å². The Bertz CT molecular complexity index is 1100. The van der Waals surface area contributed by atoms with Gasteiger partial charge in [0.1, 0.15) is 11.9 Å². The van der Waals surface area contributed by atoms with E-state index in [4.69, 9.17) is 19.9 Å². The van der Waals surface area contributed by atoms with Gasteiger partial charge in [-0.1, -0.05) is 12.1 Å². The maximum atomic E-state index is 12.5. The summed E-state index contributed by atoms with van der Waals surface area (Å²) in [5.41, 5.74) is 8.70. The maximum absolute atomic E-state index is 12.5. The standard InChI is InChI=1S/C24H23N3O4/c25-20-3-1-2-4-21(20)26-24(28)16-5-7-17(8-6-16)27-12-11-19(14-27)31-18-9-10-22-23(13-18)30-15-29-22/h1-10,13,19H,11-12,14-15,25H2,(H,26,28). The van der Waals surface area contributed by atoms with Gasteiger partial charge in [0.2, 0.25) is 6.79 Å². The second-order valence-corrected chi connectivity index (χ2v) is 7.58. The minimum atomic E-state index is -0.185. The summed E-state index contributed by atoms with van der Waals surface area (Å²) in [5.74, 6) is 2.07. The van der Waals surface area contributed by atoms with Crippen LogP contribution in [0.25, 0.3) is 0 Å². The van der Waals surface area contributed by atoms with E-state index in [0.717, 1.165) is 42.4 Å². The number of nitrogen functional groups attached to an aromatic ring is 1. The zero-order valence-corrected chi connectivity index (χ0v) is 16.9. The van der Waals surface area contributed by atoms with E-state index in [1.54, 1.807) is 12.1 Å². The third-order valence-corrected chi connectivity index (χ3v) is 5.50. The Balaban J connectivity index is 1.19. The number of nitrogens with two attached hydrogens (primary N) is 1. The van der Waals surface area contributed by atoms with Crippen LogP contribution in [0.2, 0.25) is 0 Å². The normalized spacial score (nSPS) is 16.9. The number of benzene rings is 3. The molecule has 2 aliphatic rings. The summed E-state index contributed by atoms with van der Waals surface area (Å²) >= 11 is 0. The Morgan fingerprint density at radius 2 is 1.84 bits per heavy atom. The van der Waals surface area contributed by atoms with Crippen LogP contribution < -0.4 is 30.2 Å². The molecule has 0 aromatic heterocycles. The number of rotatable bonds is 5. The minimum absolute atomic E-state index is 0.0874. The molecule has 1 saturated heterocycles. The molecule has 7 nitrogen and oxygen atoms in total. The van der Waals surface area contributed by atoms with Crippen molar-refractivity contribution < 1.29 is 19.0 Å². The van der Waals surface area contributed by atoms with Crippen LogP contribution in [0, 0.1) is 0 Å². The highest BCUT2D eigenvalue weighted by Gasteiger charge is 2.25. The van der Waals surface area contributed by atoms with Gasteiger partial charge in [-0.05, 0) is 48.5 Å². The van der Waals surface area contributed by atoms with Gasteiger partial charge in [-0.2, -0.15) is 0 Å². The van der Waals surface area contributed by atoms with E-state index < -0.39 is 0 Å². The van der Waals surface area contributed by atoms with E-state index in [2.05, 4.69) is 10.2 Å². The number of fused-ring (bicyclic) bond motifs is 1. The molecule has 1 amide bonds. The largest absolute Gasteiger partial charge is 0.488 e. The fraction of sp³-hybridized carbons (Fsp3) is 0.208. The molecule has 3 aromatic rings. The molecule has 0 spiro atoms. The summed E-state index contributed by atoms with van der Waals surface area (Å²) in [6.45, 7) is 1.92. The molecular formula is C24H23N3O4. The lowest BCUT2D eigenvalue weighted by atomic mass is 10.1. The van der Waals surface area contributed by atoms with Crippen LogP contribution in [0.5, 0.6) is 17.2 Å². The summed E-state index contributed by atoms with van der Waals surface area (Å²) in [4.78, 5) is 14.8. The molecule has 0 aliphatic carbocycles. The summed E-state index contributed by atoms with van der Waals surface area (Å²) in [6, 6.07) is 20.5. The van der Waals surface area contributed by atoms with Crippen molar-refractivity contribution in [2.24, 2.45) is 0 Å². The molecule has 1 fully saturated rings. The molecule has 5 rings (SSSR count). The van der Waals surface area contributed by atoms with Crippen LogP contribution in [0.15, 0.2) is 66.7 Å². The van der Waals surface area contributed by atoms with Crippen LogP contribution in [-0.2, 0) is 0 Å². The van der Waals surface area contributed by atoms with Gasteiger partial charge >= 0.3 is 0 Å². The summed E-state index contributed by atoms with van der Waals surface area (Å²) in [6.07, 6.45) is 1.01. The first-order valence-corrected chi connectivity index (χ1v) is 10.2. The first kappa shape index (κ1) is 19.1. The number of carbonyl (C=O) groups excluding carboxylic acids is 1. The smallest absolute Gasteiger partial charge is 0.255 e. The van der Waals surface area contributed by atoms with E-state index in [1.807, 2.05) is 54.6 Å². The maximum Gasteiger partial charge on any atom is 0.255 e. The van der Waals surface area contributed by atoms with Crippen LogP contribution in [-0.4, -0.2) is 31.9 Å². The van der Waals surface area contributed by atoms with Gasteiger partial charge in [-0.15, -0.1) is 0 Å². The number of amides is 1. The number of hydrogen-bond donors (Lipinski definition) is 2. The Labute approximate surface area is 180 Å². The Kier molecular flexibility index (Phi) is 5.00. The van der Waals surface area contributed by atoms with Crippen LogP contribution >= 0.6 is 0 Å². The van der Waals surface area contributed by atoms with Crippen molar-refractivity contribution in [2.45, 2.75) is 12.5 Å². The number of anilines is 3. The molecule has 31 heavy (non-hydrogen) atoms. The molecule has 3 N–H and O–H groups in total. The van der Waals surface area contributed by atoms with Crippen LogP contribution in [0.4, 0.5) is 17.1 Å². The van der Waals surface area contributed by atoms with Crippen molar-refractivity contribution in [1.29, 1.82) is 0 Å². The number of ether oxygens (including phenoxy) is 3. The molecule has 2 heterocycles. The van der Waals surface area contributed by atoms with Gasteiger partial charge in [0, 0.05) is 30.3 Å². The lowest BCUT2D eigenvalue weighted by Gasteiger charge is -2.19. The predicted octanol–water partition coefficient (Wildman–Crippen LogP) is 3.91. The fourth-order valence-corrected chi connectivity index (χ4v) is 3.83. The zero-order valence-electron chi connectivity index (χ0n) is 16.9. The average molecular weight is 417 g/mol. The molecule has 1 unspecified atom stereocenters. The van der Waals surface area contributed by atoms with Crippen LogP contribution in [0.3, 0.4) is 0 Å². The highest BCUT2D eigenvalue weighted by atomic mass is 16.7. The van der Waals surface area contributed by atoms with E-state index in [0.29, 0.717) is 16.9 Å². The third kappa shape index (κ3) is 4.07. The second-order valence-electron chi connectivity index (χ2n) is 7.58. The molecule has 0 saturated carbocycles. The zero-order chi connectivity index (χ0) is 21.2. The third-order valence-electron chi connectivity index (χ3n) is 5.50. The van der Waals surface area contributed by atoms with Gasteiger partial charge in [0.05, 0.1) is 17.9 Å². The summed E-state index contributed by atoms with van der Waals surface area (Å²) < 4.78 is 16.9. The second kappa shape index (κ2) is 8.10. The van der Waals surface area contributed by atoms with E-state index >= 15 is 0 Å². The summed E-state index contributed by atoms with van der Waals surface area (Å²) in [7, 11) is 0. The molecule has 158 valence electrons. The molecule has 0 bridgehead atoms. The number of para-hydroxylation sites is 2. The van der Waals surface area contributed by atoms with Gasteiger partial charge < -0.3 is 30.2 Å². The molecule has 2 aliphatic heterocycles. The number of nitrogens with zero attached hydrogens (tertiary/aromatic N) is 1. The lowest BCUT2D eigenvalue weighted by molar-refractivity contribution is 0.102. The first-order chi connectivity index (χ1) is 15.2. The van der Waals surface area contributed by atoms with E-state index in [9.17, 15) is 4.79 Å². The molecule has 1 atom stereocenters.